The van der Waals surface area contributed by atoms with Crippen LogP contribution >= 0.6 is 0 Å². The van der Waals surface area contributed by atoms with E-state index in [9.17, 15) is 8.78 Å². The van der Waals surface area contributed by atoms with Crippen LogP contribution in [-0.2, 0) is 5.54 Å². The molecule has 0 heterocycles. The summed E-state index contributed by atoms with van der Waals surface area (Å²) in [5.74, 6) is -0.695. The summed E-state index contributed by atoms with van der Waals surface area (Å²) in [6.45, 7) is 1.71. The molecule has 0 saturated heterocycles. The van der Waals surface area contributed by atoms with Gasteiger partial charge in [0.15, 0.2) is 0 Å². The van der Waals surface area contributed by atoms with Gasteiger partial charge in [-0.3, -0.25) is 0 Å². The van der Waals surface area contributed by atoms with Gasteiger partial charge in [0.05, 0.1) is 5.54 Å². The van der Waals surface area contributed by atoms with E-state index in [1.54, 1.807) is 37.3 Å². The van der Waals surface area contributed by atoms with Gasteiger partial charge in [-0.25, -0.2) is 8.78 Å². The molecule has 2 aromatic carbocycles. The maximum atomic E-state index is 13.7. The largest absolute Gasteiger partial charge is 0.318 e. The van der Waals surface area contributed by atoms with E-state index in [2.05, 4.69) is 0 Å². The molecule has 0 bridgehead atoms. The second-order valence-electron chi connectivity index (χ2n) is 4.19. The molecule has 17 heavy (non-hydrogen) atoms. The highest BCUT2D eigenvalue weighted by atomic mass is 19.1. The summed E-state index contributed by atoms with van der Waals surface area (Å²) >= 11 is 0. The second-order valence-corrected chi connectivity index (χ2v) is 4.19. The molecule has 0 radical (unpaired) electrons. The van der Waals surface area contributed by atoms with Crippen LogP contribution in [0.5, 0.6) is 0 Å². The molecule has 0 saturated carbocycles. The average Bonchev–Trinajstić information content (AvgIpc) is 2.30. The number of nitrogens with two attached hydrogens (primary N) is 1. The third kappa shape index (κ3) is 2.19. The molecule has 2 N–H and O–H groups in total. The standard InChI is InChI=1S/C14H13F2N/c1-14(17,10-6-8-11(15)9-7-10)12-4-2-3-5-13(12)16/h2-9H,17H2,1H3. The maximum Gasteiger partial charge on any atom is 0.128 e. The first-order valence-corrected chi connectivity index (χ1v) is 5.32. The van der Waals surface area contributed by atoms with Crippen molar-refractivity contribution in [2.45, 2.75) is 12.5 Å². The molecule has 2 rings (SSSR count). The Kier molecular flexibility index (Phi) is 2.94. The van der Waals surface area contributed by atoms with E-state index >= 15 is 0 Å². The predicted molar refractivity (Wildman–Crippen MR) is 63.4 cm³/mol. The van der Waals surface area contributed by atoms with Crippen LogP contribution in [0.25, 0.3) is 0 Å². The summed E-state index contributed by atoms with van der Waals surface area (Å²) in [4.78, 5) is 0. The fourth-order valence-corrected chi connectivity index (χ4v) is 1.83. The van der Waals surface area contributed by atoms with Crippen LogP contribution in [0.4, 0.5) is 8.78 Å². The number of rotatable bonds is 2. The highest BCUT2D eigenvalue weighted by molar-refractivity contribution is 5.37. The minimum absolute atomic E-state index is 0.335. The van der Waals surface area contributed by atoms with Gasteiger partial charge in [0.2, 0.25) is 0 Å². The Bertz CT molecular complexity index is 518. The van der Waals surface area contributed by atoms with Crippen molar-refractivity contribution in [1.82, 2.24) is 0 Å². The zero-order valence-electron chi connectivity index (χ0n) is 9.45. The summed E-state index contributed by atoms with van der Waals surface area (Å²) in [7, 11) is 0. The van der Waals surface area contributed by atoms with Crippen molar-refractivity contribution in [1.29, 1.82) is 0 Å². The summed E-state index contributed by atoms with van der Waals surface area (Å²) in [6.07, 6.45) is 0. The van der Waals surface area contributed by atoms with Crippen LogP contribution in [0.15, 0.2) is 48.5 Å². The quantitative estimate of drug-likeness (QED) is 0.847. The van der Waals surface area contributed by atoms with Crippen LogP contribution in [0.3, 0.4) is 0 Å². The van der Waals surface area contributed by atoms with E-state index in [4.69, 9.17) is 5.73 Å². The smallest absolute Gasteiger partial charge is 0.128 e. The molecule has 0 aliphatic rings. The molecule has 3 heteroatoms. The van der Waals surface area contributed by atoms with Gasteiger partial charge in [0, 0.05) is 5.56 Å². The van der Waals surface area contributed by atoms with Crippen molar-refractivity contribution in [3.8, 4) is 0 Å². The lowest BCUT2D eigenvalue weighted by atomic mass is 9.85. The lowest BCUT2D eigenvalue weighted by Crippen LogP contribution is -2.35. The van der Waals surface area contributed by atoms with Gasteiger partial charge < -0.3 is 5.73 Å². The minimum Gasteiger partial charge on any atom is -0.318 e. The van der Waals surface area contributed by atoms with Gasteiger partial charge in [-0.15, -0.1) is 0 Å². The fraction of sp³-hybridized carbons (Fsp3) is 0.143. The molecule has 1 unspecified atom stereocenters. The van der Waals surface area contributed by atoms with E-state index in [0.29, 0.717) is 11.1 Å². The highest BCUT2D eigenvalue weighted by Crippen LogP contribution is 2.28. The molecular weight excluding hydrogens is 220 g/mol. The number of halogens is 2. The second kappa shape index (κ2) is 4.26. The Morgan fingerprint density at radius 3 is 2.12 bits per heavy atom. The summed E-state index contributed by atoms with van der Waals surface area (Å²) < 4.78 is 26.5. The summed E-state index contributed by atoms with van der Waals surface area (Å²) in [5.41, 5.74) is 6.24. The SMILES string of the molecule is CC(N)(c1ccc(F)cc1)c1ccccc1F. The molecule has 1 nitrogen and oxygen atoms in total. The van der Waals surface area contributed by atoms with Gasteiger partial charge in [-0.05, 0) is 30.7 Å². The maximum absolute atomic E-state index is 13.7. The Morgan fingerprint density at radius 2 is 1.53 bits per heavy atom. The van der Waals surface area contributed by atoms with Crippen LogP contribution in [-0.4, -0.2) is 0 Å². The third-order valence-corrected chi connectivity index (χ3v) is 2.88. The van der Waals surface area contributed by atoms with E-state index in [0.717, 1.165) is 0 Å². The molecule has 0 spiro atoms. The van der Waals surface area contributed by atoms with Crippen molar-refractivity contribution in [3.63, 3.8) is 0 Å². The third-order valence-electron chi connectivity index (χ3n) is 2.88. The van der Waals surface area contributed by atoms with Gasteiger partial charge in [0.1, 0.15) is 11.6 Å². The number of benzene rings is 2. The summed E-state index contributed by atoms with van der Waals surface area (Å²) in [6, 6.07) is 12.1. The van der Waals surface area contributed by atoms with Crippen molar-refractivity contribution in [3.05, 3.63) is 71.3 Å². The number of hydrogen-bond acceptors (Lipinski definition) is 1. The Hall–Kier alpha value is -1.74. The zero-order chi connectivity index (χ0) is 12.5. The molecule has 0 aliphatic carbocycles. The monoisotopic (exact) mass is 233 g/mol. The summed E-state index contributed by atoms with van der Waals surface area (Å²) in [5, 5.41) is 0. The normalized spacial score (nSPS) is 14.4. The molecule has 0 amide bonds. The Labute approximate surface area is 98.9 Å². The topological polar surface area (TPSA) is 26.0 Å². The first-order valence-electron chi connectivity index (χ1n) is 5.32. The lowest BCUT2D eigenvalue weighted by Gasteiger charge is -2.26. The zero-order valence-corrected chi connectivity index (χ0v) is 9.45. The lowest BCUT2D eigenvalue weighted by molar-refractivity contribution is 0.529. The van der Waals surface area contributed by atoms with Crippen LogP contribution in [0.1, 0.15) is 18.1 Å². The van der Waals surface area contributed by atoms with Crippen molar-refractivity contribution in [2.75, 3.05) is 0 Å². The predicted octanol–water partition coefficient (Wildman–Crippen LogP) is 3.19. The molecular formula is C14H13F2N. The van der Waals surface area contributed by atoms with Gasteiger partial charge in [-0.1, -0.05) is 30.3 Å². The average molecular weight is 233 g/mol. The van der Waals surface area contributed by atoms with E-state index in [1.807, 2.05) is 0 Å². The first kappa shape index (κ1) is 11.7. The van der Waals surface area contributed by atoms with Crippen molar-refractivity contribution < 1.29 is 8.78 Å². The van der Waals surface area contributed by atoms with Gasteiger partial charge in [-0.2, -0.15) is 0 Å². The van der Waals surface area contributed by atoms with Crippen molar-refractivity contribution in [2.24, 2.45) is 5.73 Å². The Balaban J connectivity index is 2.49. The molecule has 0 aromatic heterocycles. The molecule has 1 atom stereocenters. The fourth-order valence-electron chi connectivity index (χ4n) is 1.83. The van der Waals surface area contributed by atoms with E-state index in [-0.39, 0.29) is 11.6 Å². The van der Waals surface area contributed by atoms with Crippen LogP contribution in [0, 0.1) is 11.6 Å². The molecule has 0 aliphatic heterocycles. The van der Waals surface area contributed by atoms with Crippen molar-refractivity contribution >= 4 is 0 Å². The van der Waals surface area contributed by atoms with Crippen LogP contribution < -0.4 is 5.73 Å². The molecule has 2 aromatic rings. The van der Waals surface area contributed by atoms with Crippen LogP contribution in [0.2, 0.25) is 0 Å². The molecule has 0 fully saturated rings. The molecule has 88 valence electrons. The van der Waals surface area contributed by atoms with Gasteiger partial charge >= 0.3 is 0 Å². The number of hydrogen-bond donors (Lipinski definition) is 1. The van der Waals surface area contributed by atoms with E-state index < -0.39 is 5.54 Å². The first-order chi connectivity index (χ1) is 8.01. The Morgan fingerprint density at radius 1 is 0.941 bits per heavy atom. The highest BCUT2D eigenvalue weighted by Gasteiger charge is 2.26. The minimum atomic E-state index is -0.973. The van der Waals surface area contributed by atoms with Gasteiger partial charge in [0.25, 0.3) is 0 Å². The van der Waals surface area contributed by atoms with E-state index in [1.165, 1.54) is 18.2 Å².